The van der Waals surface area contributed by atoms with Gasteiger partial charge in [0.2, 0.25) is 0 Å². The Morgan fingerprint density at radius 3 is 3.00 bits per heavy atom. The average Bonchev–Trinajstić information content (AvgIpc) is 3.24. The highest BCUT2D eigenvalue weighted by Crippen LogP contribution is 2.36. The minimum Gasteiger partial charge on any atom is -0.381 e. The average molecular weight is 272 g/mol. The van der Waals surface area contributed by atoms with Gasteiger partial charge in [0.05, 0.1) is 30.1 Å². The maximum Gasteiger partial charge on any atom is 0.124 e. The lowest BCUT2D eigenvalue weighted by molar-refractivity contribution is 0.110. The fraction of sp³-hybridized carbons (Fsp3) is 0.438. The van der Waals surface area contributed by atoms with Gasteiger partial charge in [0.25, 0.3) is 0 Å². The summed E-state index contributed by atoms with van der Waals surface area (Å²) in [5, 5.41) is 4.44. The quantitative estimate of drug-likeness (QED) is 0.910. The van der Waals surface area contributed by atoms with Crippen molar-refractivity contribution in [3.63, 3.8) is 0 Å². The van der Waals surface area contributed by atoms with Crippen LogP contribution in [-0.4, -0.2) is 17.6 Å². The van der Waals surface area contributed by atoms with Crippen LogP contribution in [0, 0.1) is 12.7 Å². The van der Waals surface area contributed by atoms with Crippen molar-refractivity contribution in [2.45, 2.75) is 38.8 Å². The molecule has 2 heterocycles. The minimum absolute atomic E-state index is 0.202. The molecule has 1 N–H and O–H groups in total. The first-order valence-corrected chi connectivity index (χ1v) is 7.18. The molecule has 0 amide bonds. The smallest absolute Gasteiger partial charge is 0.124 e. The Hall–Kier alpha value is -1.68. The summed E-state index contributed by atoms with van der Waals surface area (Å²) in [5.74, 6) is -0.202. The molecule has 0 radical (unpaired) electrons. The molecule has 1 aromatic heterocycles. The molecule has 2 aliphatic rings. The number of nitrogens with zero attached hydrogens (tertiary/aromatic N) is 1. The standard InChI is InChI=1S/C16H17FN2O/c1-9-6-10(17)7-12-15(9)19-14-4-5-20-8-13(14)16(12)18-11-2-3-11/h6-7,11H,2-5,8H2,1H3,(H,18,19). The highest BCUT2D eigenvalue weighted by atomic mass is 19.1. The number of fused-ring (bicyclic) bond motifs is 2. The number of benzene rings is 1. The number of ether oxygens (including phenoxy) is 1. The van der Waals surface area contributed by atoms with Gasteiger partial charge in [-0.1, -0.05) is 0 Å². The second-order valence-electron chi connectivity index (χ2n) is 5.75. The van der Waals surface area contributed by atoms with E-state index in [1.54, 1.807) is 12.1 Å². The van der Waals surface area contributed by atoms with Gasteiger partial charge in [-0.15, -0.1) is 0 Å². The Morgan fingerprint density at radius 1 is 1.35 bits per heavy atom. The third kappa shape index (κ3) is 1.95. The van der Waals surface area contributed by atoms with Crippen molar-refractivity contribution in [2.24, 2.45) is 0 Å². The minimum atomic E-state index is -0.202. The highest BCUT2D eigenvalue weighted by Gasteiger charge is 2.26. The first kappa shape index (κ1) is 12.1. The van der Waals surface area contributed by atoms with Crippen LogP contribution in [-0.2, 0) is 17.8 Å². The van der Waals surface area contributed by atoms with E-state index < -0.39 is 0 Å². The topological polar surface area (TPSA) is 34.2 Å². The third-order valence-corrected chi connectivity index (χ3v) is 4.09. The molecule has 1 saturated carbocycles. The van der Waals surface area contributed by atoms with Crippen LogP contribution in [0.1, 0.15) is 29.7 Å². The number of halogens is 1. The van der Waals surface area contributed by atoms with Crippen molar-refractivity contribution in [3.05, 3.63) is 34.8 Å². The van der Waals surface area contributed by atoms with Gasteiger partial charge in [0.15, 0.2) is 0 Å². The summed E-state index contributed by atoms with van der Waals surface area (Å²) in [7, 11) is 0. The van der Waals surface area contributed by atoms with Crippen molar-refractivity contribution in [3.8, 4) is 0 Å². The first-order valence-electron chi connectivity index (χ1n) is 7.18. The van der Waals surface area contributed by atoms with Crippen LogP contribution in [0.2, 0.25) is 0 Å². The SMILES string of the molecule is Cc1cc(F)cc2c(NC3CC3)c3c(nc12)CCOC3. The zero-order valence-electron chi connectivity index (χ0n) is 11.5. The number of hydrogen-bond donors (Lipinski definition) is 1. The molecule has 0 saturated heterocycles. The molecule has 20 heavy (non-hydrogen) atoms. The lowest BCUT2D eigenvalue weighted by Crippen LogP contribution is -2.16. The van der Waals surface area contributed by atoms with Crippen LogP contribution >= 0.6 is 0 Å². The van der Waals surface area contributed by atoms with Gasteiger partial charge in [0.1, 0.15) is 5.82 Å². The van der Waals surface area contributed by atoms with Gasteiger partial charge in [-0.2, -0.15) is 0 Å². The number of aromatic nitrogens is 1. The van der Waals surface area contributed by atoms with Crippen LogP contribution in [0.15, 0.2) is 12.1 Å². The largest absolute Gasteiger partial charge is 0.381 e. The molecule has 0 unspecified atom stereocenters. The number of nitrogens with one attached hydrogen (secondary N) is 1. The van der Waals surface area contributed by atoms with E-state index in [0.717, 1.165) is 39.8 Å². The molecular weight excluding hydrogens is 255 g/mol. The molecule has 0 atom stereocenters. The Labute approximate surface area is 117 Å². The van der Waals surface area contributed by atoms with Crippen molar-refractivity contribution in [2.75, 3.05) is 11.9 Å². The van der Waals surface area contributed by atoms with Crippen LogP contribution in [0.4, 0.5) is 10.1 Å². The van der Waals surface area contributed by atoms with Crippen LogP contribution in [0.25, 0.3) is 10.9 Å². The van der Waals surface area contributed by atoms with Crippen molar-refractivity contribution < 1.29 is 9.13 Å². The predicted molar refractivity (Wildman–Crippen MR) is 76.4 cm³/mol. The highest BCUT2D eigenvalue weighted by molar-refractivity contribution is 5.95. The maximum absolute atomic E-state index is 13.8. The van der Waals surface area contributed by atoms with E-state index >= 15 is 0 Å². The molecule has 1 fully saturated rings. The normalized spacial score (nSPS) is 18.1. The molecule has 1 aliphatic heterocycles. The van der Waals surface area contributed by atoms with Gasteiger partial charge in [-0.3, -0.25) is 4.98 Å². The second kappa shape index (κ2) is 4.42. The summed E-state index contributed by atoms with van der Waals surface area (Å²) in [5.41, 5.74) is 5.06. The molecule has 4 heteroatoms. The molecule has 0 spiro atoms. The molecule has 0 bridgehead atoms. The number of anilines is 1. The van der Waals surface area contributed by atoms with E-state index in [0.29, 0.717) is 19.3 Å². The summed E-state index contributed by atoms with van der Waals surface area (Å²) >= 11 is 0. The Balaban J connectivity index is 2.01. The summed E-state index contributed by atoms with van der Waals surface area (Å²) in [6.07, 6.45) is 3.21. The third-order valence-electron chi connectivity index (χ3n) is 4.09. The van der Waals surface area contributed by atoms with Crippen LogP contribution in [0.5, 0.6) is 0 Å². The summed E-state index contributed by atoms with van der Waals surface area (Å²) in [6.45, 7) is 3.21. The van der Waals surface area contributed by atoms with Gasteiger partial charge in [-0.25, -0.2) is 4.39 Å². The van der Waals surface area contributed by atoms with Gasteiger partial charge in [-0.05, 0) is 37.5 Å². The zero-order chi connectivity index (χ0) is 13.7. The van der Waals surface area contributed by atoms with Crippen LogP contribution < -0.4 is 5.32 Å². The lowest BCUT2D eigenvalue weighted by Gasteiger charge is -2.22. The number of rotatable bonds is 2. The molecule has 2 aromatic rings. The lowest BCUT2D eigenvalue weighted by atomic mass is 10.0. The van der Waals surface area contributed by atoms with Crippen molar-refractivity contribution >= 4 is 16.6 Å². The second-order valence-corrected chi connectivity index (χ2v) is 5.75. The van der Waals surface area contributed by atoms with Gasteiger partial charge in [0, 0.05) is 23.4 Å². The van der Waals surface area contributed by atoms with Gasteiger partial charge < -0.3 is 10.1 Å². The molecule has 1 aliphatic carbocycles. The summed E-state index contributed by atoms with van der Waals surface area (Å²) in [6, 6.07) is 3.67. The Kier molecular flexibility index (Phi) is 2.67. The molecule has 4 rings (SSSR count). The summed E-state index contributed by atoms with van der Waals surface area (Å²) < 4.78 is 19.4. The van der Waals surface area contributed by atoms with E-state index in [1.807, 2.05) is 6.92 Å². The summed E-state index contributed by atoms with van der Waals surface area (Å²) in [4.78, 5) is 4.76. The van der Waals surface area contributed by atoms with Gasteiger partial charge >= 0.3 is 0 Å². The zero-order valence-corrected chi connectivity index (χ0v) is 11.5. The number of pyridine rings is 1. The first-order chi connectivity index (χ1) is 9.72. The fourth-order valence-electron chi connectivity index (χ4n) is 2.89. The van der Waals surface area contributed by atoms with Crippen molar-refractivity contribution in [1.82, 2.24) is 4.98 Å². The molecule has 3 nitrogen and oxygen atoms in total. The van der Waals surface area contributed by atoms with Crippen LogP contribution in [0.3, 0.4) is 0 Å². The van der Waals surface area contributed by atoms with E-state index in [2.05, 4.69) is 5.32 Å². The fourth-order valence-corrected chi connectivity index (χ4v) is 2.89. The molecule has 1 aromatic carbocycles. The predicted octanol–water partition coefficient (Wildman–Crippen LogP) is 3.33. The Bertz CT molecular complexity index is 695. The van der Waals surface area contributed by atoms with E-state index in [4.69, 9.17) is 9.72 Å². The molecule has 104 valence electrons. The Morgan fingerprint density at radius 2 is 2.20 bits per heavy atom. The van der Waals surface area contributed by atoms with E-state index in [1.165, 1.54) is 12.8 Å². The molecular formula is C16H17FN2O. The maximum atomic E-state index is 13.8. The van der Waals surface area contributed by atoms with E-state index in [9.17, 15) is 4.39 Å². The number of hydrogen-bond acceptors (Lipinski definition) is 3. The monoisotopic (exact) mass is 272 g/mol. The van der Waals surface area contributed by atoms with Crippen molar-refractivity contribution in [1.29, 1.82) is 0 Å². The van der Waals surface area contributed by atoms with E-state index in [-0.39, 0.29) is 5.82 Å². The number of aryl methyl sites for hydroxylation is 1.